The van der Waals surface area contributed by atoms with Gasteiger partial charge in [-0.05, 0) is 24.1 Å². The molecule has 0 spiro atoms. The molecule has 2 rings (SSSR count). The number of rotatable bonds is 6. The standard InChI is InChI=1S/C11H13N3O5S/c1-14-7-8(6-12-14)4-5-13-20(17,18)10-3-2-9(19-10)11(15)16/h2-3,6-7,13H,4-5H2,1H3,(H,15,16). The first kappa shape index (κ1) is 14.3. The maximum absolute atomic E-state index is 11.8. The molecule has 0 saturated heterocycles. The van der Waals surface area contributed by atoms with E-state index in [-0.39, 0.29) is 6.54 Å². The number of nitrogens with zero attached hydrogens (tertiary/aromatic N) is 2. The molecule has 0 bridgehead atoms. The van der Waals surface area contributed by atoms with Crippen molar-refractivity contribution in [1.29, 1.82) is 0 Å². The summed E-state index contributed by atoms with van der Waals surface area (Å²) < 4.78 is 32.4. The van der Waals surface area contributed by atoms with Gasteiger partial charge in [-0.3, -0.25) is 4.68 Å². The summed E-state index contributed by atoms with van der Waals surface area (Å²) in [6, 6.07) is 2.20. The van der Waals surface area contributed by atoms with Gasteiger partial charge in [-0.15, -0.1) is 0 Å². The van der Waals surface area contributed by atoms with Gasteiger partial charge in [0.2, 0.25) is 10.9 Å². The Bertz CT molecular complexity index is 716. The molecule has 0 aliphatic heterocycles. The second-order valence-electron chi connectivity index (χ2n) is 4.09. The molecule has 0 radical (unpaired) electrons. The fraction of sp³-hybridized carbons (Fsp3) is 0.273. The Balaban J connectivity index is 1.98. The van der Waals surface area contributed by atoms with Crippen LogP contribution in [0.15, 0.2) is 34.0 Å². The van der Waals surface area contributed by atoms with E-state index in [1.807, 2.05) is 0 Å². The van der Waals surface area contributed by atoms with Crippen LogP contribution in [-0.2, 0) is 23.5 Å². The van der Waals surface area contributed by atoms with Gasteiger partial charge in [0.15, 0.2) is 0 Å². The van der Waals surface area contributed by atoms with Crippen molar-refractivity contribution in [3.8, 4) is 0 Å². The molecule has 0 unspecified atom stereocenters. The zero-order valence-corrected chi connectivity index (χ0v) is 11.4. The first-order valence-electron chi connectivity index (χ1n) is 5.69. The predicted octanol–water partition coefficient (Wildman–Crippen LogP) is 0.232. The number of carboxylic acids is 1. The number of hydrogen-bond acceptors (Lipinski definition) is 5. The van der Waals surface area contributed by atoms with E-state index in [1.165, 1.54) is 0 Å². The Kier molecular flexibility index (Phi) is 3.91. The van der Waals surface area contributed by atoms with Gasteiger partial charge in [0.1, 0.15) is 0 Å². The van der Waals surface area contributed by atoms with Crippen LogP contribution >= 0.6 is 0 Å². The first-order chi connectivity index (χ1) is 9.38. The van der Waals surface area contributed by atoms with Crippen LogP contribution in [-0.4, -0.2) is 35.8 Å². The molecule has 8 nitrogen and oxygen atoms in total. The van der Waals surface area contributed by atoms with Crippen LogP contribution in [0, 0.1) is 0 Å². The van der Waals surface area contributed by atoms with Crippen LogP contribution in [0.2, 0.25) is 0 Å². The molecule has 0 saturated carbocycles. The Morgan fingerprint density at radius 2 is 2.25 bits per heavy atom. The van der Waals surface area contributed by atoms with Crippen molar-refractivity contribution < 1.29 is 22.7 Å². The second kappa shape index (κ2) is 5.47. The van der Waals surface area contributed by atoms with E-state index >= 15 is 0 Å². The zero-order valence-electron chi connectivity index (χ0n) is 10.6. The van der Waals surface area contributed by atoms with Gasteiger partial charge in [-0.25, -0.2) is 17.9 Å². The number of carboxylic acid groups (broad SMARTS) is 1. The summed E-state index contributed by atoms with van der Waals surface area (Å²) in [5.74, 6) is -1.74. The molecule has 0 atom stereocenters. The number of hydrogen-bond donors (Lipinski definition) is 2. The Labute approximate surface area is 115 Å². The summed E-state index contributed by atoms with van der Waals surface area (Å²) in [6.07, 6.45) is 3.90. The van der Waals surface area contributed by atoms with Crippen LogP contribution in [0.25, 0.3) is 0 Å². The number of aryl methyl sites for hydroxylation is 1. The molecular weight excluding hydrogens is 286 g/mol. The minimum atomic E-state index is -3.84. The van der Waals surface area contributed by atoms with Gasteiger partial charge in [0.25, 0.3) is 10.0 Å². The highest BCUT2D eigenvalue weighted by molar-refractivity contribution is 7.89. The van der Waals surface area contributed by atoms with Crippen LogP contribution in [0.3, 0.4) is 0 Å². The molecule has 2 heterocycles. The van der Waals surface area contributed by atoms with Crippen molar-refractivity contribution in [2.45, 2.75) is 11.5 Å². The average molecular weight is 299 g/mol. The van der Waals surface area contributed by atoms with Crippen LogP contribution in [0.5, 0.6) is 0 Å². The molecule has 9 heteroatoms. The molecule has 2 N–H and O–H groups in total. The summed E-state index contributed by atoms with van der Waals surface area (Å²) in [5, 5.41) is 12.2. The zero-order chi connectivity index (χ0) is 14.8. The summed E-state index contributed by atoms with van der Waals surface area (Å²) in [7, 11) is -2.08. The Morgan fingerprint density at radius 3 is 2.80 bits per heavy atom. The molecule has 2 aromatic heterocycles. The molecular formula is C11H13N3O5S. The lowest BCUT2D eigenvalue weighted by Crippen LogP contribution is -2.25. The van der Waals surface area contributed by atoms with Gasteiger partial charge >= 0.3 is 5.97 Å². The highest BCUT2D eigenvalue weighted by Gasteiger charge is 2.20. The number of carbonyl (C=O) groups is 1. The Hall–Kier alpha value is -2.13. The maximum atomic E-state index is 11.8. The summed E-state index contributed by atoms with van der Waals surface area (Å²) in [6.45, 7) is 0.164. The number of aromatic carboxylic acids is 1. The summed E-state index contributed by atoms with van der Waals surface area (Å²) >= 11 is 0. The van der Waals surface area contributed by atoms with E-state index in [9.17, 15) is 13.2 Å². The van der Waals surface area contributed by atoms with Crippen molar-refractivity contribution in [3.05, 3.63) is 35.9 Å². The third-order valence-electron chi connectivity index (χ3n) is 2.52. The molecule has 108 valence electrons. The lowest BCUT2D eigenvalue weighted by molar-refractivity contribution is 0.0656. The average Bonchev–Trinajstić information content (AvgIpc) is 2.98. The molecule has 2 aromatic rings. The molecule has 0 aliphatic carbocycles. The predicted molar refractivity (Wildman–Crippen MR) is 67.8 cm³/mol. The van der Waals surface area contributed by atoms with E-state index < -0.39 is 26.8 Å². The fourth-order valence-corrected chi connectivity index (χ4v) is 2.54. The number of aromatic nitrogens is 2. The fourth-order valence-electron chi connectivity index (χ4n) is 1.58. The SMILES string of the molecule is Cn1cc(CCNS(=O)(=O)c2ccc(C(=O)O)o2)cn1. The molecule has 0 aliphatic rings. The van der Waals surface area contributed by atoms with Gasteiger partial charge < -0.3 is 9.52 Å². The van der Waals surface area contributed by atoms with Gasteiger partial charge in [-0.1, -0.05) is 0 Å². The highest BCUT2D eigenvalue weighted by Crippen LogP contribution is 2.13. The quantitative estimate of drug-likeness (QED) is 0.789. The number of furan rings is 1. The van der Waals surface area contributed by atoms with Crippen molar-refractivity contribution in [2.75, 3.05) is 6.54 Å². The Morgan fingerprint density at radius 1 is 1.50 bits per heavy atom. The molecule has 0 aromatic carbocycles. The normalized spacial score (nSPS) is 11.7. The smallest absolute Gasteiger partial charge is 0.371 e. The van der Waals surface area contributed by atoms with E-state index in [1.54, 1.807) is 24.1 Å². The summed E-state index contributed by atoms with van der Waals surface area (Å²) in [4.78, 5) is 10.6. The van der Waals surface area contributed by atoms with E-state index in [2.05, 4.69) is 9.82 Å². The maximum Gasteiger partial charge on any atom is 0.371 e. The topological polar surface area (TPSA) is 114 Å². The molecule has 0 amide bonds. The third kappa shape index (κ3) is 3.25. The van der Waals surface area contributed by atoms with Gasteiger partial charge in [-0.2, -0.15) is 5.10 Å². The van der Waals surface area contributed by atoms with Gasteiger partial charge in [0.05, 0.1) is 6.20 Å². The van der Waals surface area contributed by atoms with Crippen molar-refractivity contribution in [2.24, 2.45) is 7.05 Å². The van der Waals surface area contributed by atoms with E-state index in [0.29, 0.717) is 6.42 Å². The molecule has 20 heavy (non-hydrogen) atoms. The van der Waals surface area contributed by atoms with E-state index in [0.717, 1.165) is 17.7 Å². The minimum Gasteiger partial charge on any atom is -0.475 e. The van der Waals surface area contributed by atoms with Crippen LogP contribution in [0.4, 0.5) is 0 Å². The first-order valence-corrected chi connectivity index (χ1v) is 7.17. The van der Waals surface area contributed by atoms with Crippen LogP contribution in [0.1, 0.15) is 16.1 Å². The summed E-state index contributed by atoms with van der Waals surface area (Å²) in [5.41, 5.74) is 0.890. The largest absolute Gasteiger partial charge is 0.475 e. The van der Waals surface area contributed by atoms with Crippen molar-refractivity contribution in [1.82, 2.24) is 14.5 Å². The monoisotopic (exact) mass is 299 g/mol. The minimum absolute atomic E-state index is 0.164. The lowest BCUT2D eigenvalue weighted by Gasteiger charge is -2.02. The highest BCUT2D eigenvalue weighted by atomic mass is 32.2. The van der Waals surface area contributed by atoms with Crippen molar-refractivity contribution in [3.63, 3.8) is 0 Å². The second-order valence-corrected chi connectivity index (χ2v) is 5.79. The van der Waals surface area contributed by atoms with Crippen molar-refractivity contribution >= 4 is 16.0 Å². The third-order valence-corrected chi connectivity index (χ3v) is 3.85. The van der Waals surface area contributed by atoms with E-state index in [4.69, 9.17) is 9.52 Å². The lowest BCUT2D eigenvalue weighted by atomic mass is 10.3. The molecule has 0 fully saturated rings. The van der Waals surface area contributed by atoms with Gasteiger partial charge in [0, 0.05) is 19.8 Å². The van der Waals surface area contributed by atoms with Crippen LogP contribution < -0.4 is 4.72 Å². The number of sulfonamides is 1. The number of nitrogens with one attached hydrogen (secondary N) is 1.